The van der Waals surface area contributed by atoms with Crippen LogP contribution in [0.25, 0.3) is 0 Å². The van der Waals surface area contributed by atoms with Crippen LogP contribution >= 0.6 is 11.8 Å². The van der Waals surface area contributed by atoms with Gasteiger partial charge in [0.15, 0.2) is 0 Å². The Morgan fingerprint density at radius 2 is 1.86 bits per heavy atom. The van der Waals surface area contributed by atoms with E-state index in [-0.39, 0.29) is 5.54 Å². The first-order valence-corrected chi connectivity index (χ1v) is 6.48. The van der Waals surface area contributed by atoms with Crippen molar-refractivity contribution in [2.75, 3.05) is 37.7 Å². The summed E-state index contributed by atoms with van der Waals surface area (Å²) < 4.78 is 0. The fourth-order valence-corrected chi connectivity index (χ4v) is 3.47. The van der Waals surface area contributed by atoms with Gasteiger partial charge in [0.25, 0.3) is 0 Å². The van der Waals surface area contributed by atoms with Crippen molar-refractivity contribution >= 4 is 11.8 Å². The lowest BCUT2D eigenvalue weighted by Crippen LogP contribution is -2.56. The minimum atomic E-state index is -0.132. The first kappa shape index (κ1) is 10.3. The summed E-state index contributed by atoms with van der Waals surface area (Å²) in [5.74, 6) is 2.30. The first-order chi connectivity index (χ1) is 6.87. The predicted octanol–water partition coefficient (Wildman–Crippen LogP) is 0.681. The summed E-state index contributed by atoms with van der Waals surface area (Å²) in [6, 6.07) is 2.57. The molecule has 0 radical (unpaired) electrons. The van der Waals surface area contributed by atoms with E-state index in [1.54, 1.807) is 0 Å². The van der Waals surface area contributed by atoms with Crippen molar-refractivity contribution in [2.24, 2.45) is 0 Å². The molecule has 14 heavy (non-hydrogen) atoms. The minimum Gasteiger partial charge on any atom is -0.314 e. The molecule has 0 aromatic rings. The molecule has 0 aromatic carbocycles. The molecule has 0 amide bonds. The molecule has 0 bridgehead atoms. The van der Waals surface area contributed by atoms with Crippen molar-refractivity contribution < 1.29 is 0 Å². The average Bonchev–Trinajstić information content (AvgIpc) is 2.31. The summed E-state index contributed by atoms with van der Waals surface area (Å²) in [7, 11) is 0. The summed E-state index contributed by atoms with van der Waals surface area (Å²) in [6.07, 6.45) is 2.10. The fraction of sp³-hybridized carbons (Fsp3) is 0.900. The molecule has 0 aliphatic carbocycles. The van der Waals surface area contributed by atoms with Crippen molar-refractivity contribution in [3.8, 4) is 6.07 Å². The quantitative estimate of drug-likeness (QED) is 0.692. The van der Waals surface area contributed by atoms with Crippen LogP contribution < -0.4 is 5.32 Å². The van der Waals surface area contributed by atoms with Crippen LogP contribution in [0.2, 0.25) is 0 Å². The summed E-state index contributed by atoms with van der Waals surface area (Å²) in [5.41, 5.74) is -0.132. The number of hydrogen-bond acceptors (Lipinski definition) is 4. The van der Waals surface area contributed by atoms with Crippen molar-refractivity contribution in [1.29, 1.82) is 5.26 Å². The summed E-state index contributed by atoms with van der Waals surface area (Å²) >= 11 is 1.98. The Kier molecular flexibility index (Phi) is 3.32. The Morgan fingerprint density at radius 1 is 1.21 bits per heavy atom. The molecule has 0 spiro atoms. The number of nitriles is 1. The zero-order valence-corrected chi connectivity index (χ0v) is 9.28. The third kappa shape index (κ3) is 1.90. The van der Waals surface area contributed by atoms with Crippen LogP contribution in [0.5, 0.6) is 0 Å². The molecule has 0 aromatic heterocycles. The molecule has 4 heteroatoms. The number of piperazine rings is 1. The minimum absolute atomic E-state index is 0.132. The maximum absolute atomic E-state index is 9.37. The monoisotopic (exact) mass is 211 g/mol. The van der Waals surface area contributed by atoms with Gasteiger partial charge in [0.1, 0.15) is 5.54 Å². The van der Waals surface area contributed by atoms with Crippen LogP contribution in [-0.2, 0) is 0 Å². The van der Waals surface area contributed by atoms with Gasteiger partial charge < -0.3 is 5.32 Å². The lowest BCUT2D eigenvalue weighted by Gasteiger charge is -2.43. The van der Waals surface area contributed by atoms with Gasteiger partial charge in [-0.3, -0.25) is 4.90 Å². The van der Waals surface area contributed by atoms with E-state index in [1.165, 1.54) is 0 Å². The number of nitrogens with one attached hydrogen (secondary N) is 1. The van der Waals surface area contributed by atoms with Crippen LogP contribution in [0.3, 0.4) is 0 Å². The SMILES string of the molecule is N#CC1(N2CCNCC2)CCSCC1. The van der Waals surface area contributed by atoms with E-state index in [0.29, 0.717) is 0 Å². The lowest BCUT2D eigenvalue weighted by atomic mass is 9.91. The molecule has 2 aliphatic rings. The molecule has 0 unspecified atom stereocenters. The van der Waals surface area contributed by atoms with Crippen LogP contribution in [0, 0.1) is 11.3 Å². The third-order valence-electron chi connectivity index (χ3n) is 3.25. The highest BCUT2D eigenvalue weighted by atomic mass is 32.2. The standard InChI is InChI=1S/C10H17N3S/c11-9-10(1-7-14-8-2-10)13-5-3-12-4-6-13/h12H,1-8H2. The van der Waals surface area contributed by atoms with Crippen molar-refractivity contribution in [2.45, 2.75) is 18.4 Å². The first-order valence-electron chi connectivity index (χ1n) is 5.32. The van der Waals surface area contributed by atoms with Gasteiger partial charge in [0, 0.05) is 26.2 Å². The van der Waals surface area contributed by atoms with E-state index in [2.05, 4.69) is 16.3 Å². The predicted molar refractivity (Wildman–Crippen MR) is 59.3 cm³/mol. The Bertz CT molecular complexity index is 224. The van der Waals surface area contributed by atoms with Gasteiger partial charge in [-0.05, 0) is 24.3 Å². The van der Waals surface area contributed by atoms with Crippen LogP contribution in [0.15, 0.2) is 0 Å². The maximum Gasteiger partial charge on any atom is 0.110 e. The lowest BCUT2D eigenvalue weighted by molar-refractivity contribution is 0.110. The van der Waals surface area contributed by atoms with Gasteiger partial charge in [-0.2, -0.15) is 17.0 Å². The van der Waals surface area contributed by atoms with E-state index in [9.17, 15) is 5.26 Å². The Hall–Kier alpha value is -0.240. The number of hydrogen-bond donors (Lipinski definition) is 1. The van der Waals surface area contributed by atoms with E-state index >= 15 is 0 Å². The van der Waals surface area contributed by atoms with Gasteiger partial charge >= 0.3 is 0 Å². The number of rotatable bonds is 1. The molecule has 78 valence electrons. The number of thioether (sulfide) groups is 1. The number of nitrogens with zero attached hydrogens (tertiary/aromatic N) is 2. The van der Waals surface area contributed by atoms with Gasteiger partial charge in [0.2, 0.25) is 0 Å². The normalized spacial score (nSPS) is 28.2. The topological polar surface area (TPSA) is 39.1 Å². The highest BCUT2D eigenvalue weighted by molar-refractivity contribution is 7.99. The maximum atomic E-state index is 9.37. The molecule has 0 atom stereocenters. The highest BCUT2D eigenvalue weighted by Crippen LogP contribution is 2.32. The second-order valence-electron chi connectivity index (χ2n) is 3.99. The smallest absolute Gasteiger partial charge is 0.110 e. The molecule has 2 rings (SSSR count). The van der Waals surface area contributed by atoms with Crippen LogP contribution in [0.1, 0.15) is 12.8 Å². The Balaban J connectivity index is 2.06. The van der Waals surface area contributed by atoms with Crippen molar-refractivity contribution in [1.82, 2.24) is 10.2 Å². The molecular formula is C10H17N3S. The molecule has 2 heterocycles. The van der Waals surface area contributed by atoms with Crippen LogP contribution in [0.4, 0.5) is 0 Å². The fourth-order valence-electron chi connectivity index (χ4n) is 2.30. The summed E-state index contributed by atoms with van der Waals surface area (Å²) in [5, 5.41) is 12.7. The average molecular weight is 211 g/mol. The second-order valence-corrected chi connectivity index (χ2v) is 5.22. The zero-order valence-electron chi connectivity index (χ0n) is 8.46. The van der Waals surface area contributed by atoms with E-state index in [0.717, 1.165) is 50.5 Å². The van der Waals surface area contributed by atoms with Crippen molar-refractivity contribution in [3.63, 3.8) is 0 Å². The van der Waals surface area contributed by atoms with Crippen LogP contribution in [-0.4, -0.2) is 48.1 Å². The van der Waals surface area contributed by atoms with Gasteiger partial charge in [0.05, 0.1) is 6.07 Å². The second kappa shape index (κ2) is 4.52. The van der Waals surface area contributed by atoms with E-state index in [1.807, 2.05) is 11.8 Å². The van der Waals surface area contributed by atoms with Gasteiger partial charge in [-0.15, -0.1) is 0 Å². The molecule has 3 nitrogen and oxygen atoms in total. The molecule has 1 N–H and O–H groups in total. The molecule has 2 aliphatic heterocycles. The highest BCUT2D eigenvalue weighted by Gasteiger charge is 2.38. The van der Waals surface area contributed by atoms with E-state index in [4.69, 9.17) is 0 Å². The van der Waals surface area contributed by atoms with Gasteiger partial charge in [-0.1, -0.05) is 0 Å². The zero-order chi connectivity index (χ0) is 9.86. The molecule has 2 saturated heterocycles. The molecule has 2 fully saturated rings. The third-order valence-corrected chi connectivity index (χ3v) is 4.24. The van der Waals surface area contributed by atoms with Gasteiger partial charge in [-0.25, -0.2) is 0 Å². The molecular weight excluding hydrogens is 194 g/mol. The Morgan fingerprint density at radius 3 is 2.43 bits per heavy atom. The van der Waals surface area contributed by atoms with E-state index < -0.39 is 0 Å². The summed E-state index contributed by atoms with van der Waals surface area (Å²) in [6.45, 7) is 4.16. The van der Waals surface area contributed by atoms with Crippen molar-refractivity contribution in [3.05, 3.63) is 0 Å². The molecule has 0 saturated carbocycles. The Labute approximate surface area is 89.8 Å². The largest absolute Gasteiger partial charge is 0.314 e. The summed E-state index contributed by atoms with van der Waals surface area (Å²) in [4.78, 5) is 2.39.